The molecule has 2 aromatic rings. The largest absolute Gasteiger partial charge is 0.345 e. The van der Waals surface area contributed by atoms with E-state index in [0.29, 0.717) is 5.92 Å². The van der Waals surface area contributed by atoms with Crippen molar-refractivity contribution in [1.29, 1.82) is 0 Å². The van der Waals surface area contributed by atoms with Crippen molar-refractivity contribution in [2.75, 3.05) is 14.1 Å². The predicted molar refractivity (Wildman–Crippen MR) is 93.2 cm³/mol. The summed E-state index contributed by atoms with van der Waals surface area (Å²) in [5.74, 6) is 0.685. The molecule has 0 aromatic heterocycles. The summed E-state index contributed by atoms with van der Waals surface area (Å²) in [6, 6.07) is 16.6. The van der Waals surface area contributed by atoms with E-state index in [0.717, 1.165) is 11.1 Å². The molecule has 0 unspecified atom stereocenters. The fourth-order valence-corrected chi connectivity index (χ4v) is 2.77. The minimum Gasteiger partial charge on any atom is -0.345 e. The van der Waals surface area contributed by atoms with Gasteiger partial charge in [0, 0.05) is 19.7 Å². The molecule has 0 bridgehead atoms. The number of carbonyl (C=O) groups is 1. The van der Waals surface area contributed by atoms with Gasteiger partial charge in [-0.2, -0.15) is 0 Å². The average Bonchev–Trinajstić information content (AvgIpc) is 2.56. The molecule has 2 aromatic carbocycles. The first-order valence-corrected chi connectivity index (χ1v) is 7.98. The molecule has 0 radical (unpaired) electrons. The monoisotopic (exact) mass is 295 g/mol. The maximum Gasteiger partial charge on any atom is 0.253 e. The lowest BCUT2D eigenvalue weighted by Crippen LogP contribution is -2.21. The smallest absolute Gasteiger partial charge is 0.253 e. The molecule has 0 heterocycles. The lowest BCUT2D eigenvalue weighted by atomic mass is 9.92. The van der Waals surface area contributed by atoms with E-state index >= 15 is 0 Å². The fourth-order valence-electron chi connectivity index (χ4n) is 2.77. The number of amides is 1. The molecule has 116 valence electrons. The van der Waals surface area contributed by atoms with E-state index < -0.39 is 0 Å². The van der Waals surface area contributed by atoms with Gasteiger partial charge in [-0.3, -0.25) is 4.79 Å². The fraction of sp³-hybridized carbons (Fsp3) is 0.350. The summed E-state index contributed by atoms with van der Waals surface area (Å²) in [6.45, 7) is 4.48. The molecule has 1 amide bonds. The van der Waals surface area contributed by atoms with Crippen LogP contribution in [-0.4, -0.2) is 24.9 Å². The summed E-state index contributed by atoms with van der Waals surface area (Å²) in [5.41, 5.74) is 4.47. The Morgan fingerprint density at radius 3 is 1.73 bits per heavy atom. The van der Waals surface area contributed by atoms with Gasteiger partial charge in [0.05, 0.1) is 0 Å². The van der Waals surface area contributed by atoms with E-state index in [1.54, 1.807) is 19.0 Å². The number of nitrogens with zero attached hydrogens (tertiary/aromatic N) is 1. The van der Waals surface area contributed by atoms with Crippen LogP contribution in [0.1, 0.15) is 48.5 Å². The van der Waals surface area contributed by atoms with Crippen molar-refractivity contribution < 1.29 is 4.79 Å². The summed E-state index contributed by atoms with van der Waals surface area (Å²) >= 11 is 0. The van der Waals surface area contributed by atoms with E-state index in [4.69, 9.17) is 0 Å². The van der Waals surface area contributed by atoms with E-state index in [9.17, 15) is 4.79 Å². The molecule has 2 nitrogen and oxygen atoms in total. The van der Waals surface area contributed by atoms with Crippen LogP contribution in [0.3, 0.4) is 0 Å². The zero-order valence-electron chi connectivity index (χ0n) is 14.0. The number of carbonyl (C=O) groups excluding carboxylic acids is 1. The molecule has 0 atom stereocenters. The number of rotatable bonds is 5. The van der Waals surface area contributed by atoms with Gasteiger partial charge in [0.2, 0.25) is 0 Å². The van der Waals surface area contributed by atoms with Crippen LogP contribution in [0.4, 0.5) is 0 Å². The van der Waals surface area contributed by atoms with Crippen LogP contribution < -0.4 is 0 Å². The van der Waals surface area contributed by atoms with Crippen LogP contribution in [0, 0.1) is 0 Å². The van der Waals surface area contributed by atoms with Gasteiger partial charge in [0.1, 0.15) is 0 Å². The quantitative estimate of drug-likeness (QED) is 0.763. The SMILES string of the molecule is CCC(CC)c1ccc(-c2ccc(C(=O)N(C)C)cc2)cc1. The number of hydrogen-bond donors (Lipinski definition) is 0. The van der Waals surface area contributed by atoms with Crippen molar-refractivity contribution in [3.8, 4) is 11.1 Å². The van der Waals surface area contributed by atoms with Crippen LogP contribution in [0.5, 0.6) is 0 Å². The Morgan fingerprint density at radius 1 is 0.864 bits per heavy atom. The molecule has 2 heteroatoms. The van der Waals surface area contributed by atoms with Crippen molar-refractivity contribution in [3.05, 3.63) is 59.7 Å². The van der Waals surface area contributed by atoms with Crippen molar-refractivity contribution in [2.45, 2.75) is 32.6 Å². The van der Waals surface area contributed by atoms with Gasteiger partial charge in [0.15, 0.2) is 0 Å². The molecule has 0 aliphatic heterocycles. The summed E-state index contributed by atoms with van der Waals surface area (Å²) < 4.78 is 0. The first-order chi connectivity index (χ1) is 10.6. The van der Waals surface area contributed by atoms with Crippen molar-refractivity contribution in [2.24, 2.45) is 0 Å². The predicted octanol–water partition coefficient (Wildman–Crippen LogP) is 4.96. The first kappa shape index (κ1) is 16.3. The lowest BCUT2D eigenvalue weighted by Gasteiger charge is -2.13. The normalized spacial score (nSPS) is 10.8. The zero-order chi connectivity index (χ0) is 16.1. The Morgan fingerprint density at radius 2 is 1.32 bits per heavy atom. The molecule has 0 saturated heterocycles. The lowest BCUT2D eigenvalue weighted by molar-refractivity contribution is 0.0827. The summed E-state index contributed by atoms with van der Waals surface area (Å²) in [6.07, 6.45) is 2.36. The zero-order valence-corrected chi connectivity index (χ0v) is 14.0. The van der Waals surface area contributed by atoms with Gasteiger partial charge in [-0.15, -0.1) is 0 Å². The van der Waals surface area contributed by atoms with E-state index in [1.165, 1.54) is 24.0 Å². The highest BCUT2D eigenvalue weighted by atomic mass is 16.2. The van der Waals surface area contributed by atoms with E-state index in [1.807, 2.05) is 24.3 Å². The molecule has 0 saturated carbocycles. The Balaban J connectivity index is 2.20. The Kier molecular flexibility index (Phi) is 5.37. The van der Waals surface area contributed by atoms with Gasteiger partial charge in [-0.1, -0.05) is 50.2 Å². The van der Waals surface area contributed by atoms with E-state index in [2.05, 4.69) is 38.1 Å². The molecule has 0 fully saturated rings. The van der Waals surface area contributed by atoms with Crippen molar-refractivity contribution >= 4 is 5.91 Å². The van der Waals surface area contributed by atoms with Crippen LogP contribution in [-0.2, 0) is 0 Å². The van der Waals surface area contributed by atoms with Crippen LogP contribution >= 0.6 is 0 Å². The minimum atomic E-state index is 0.0376. The standard InChI is InChI=1S/C20H25NO/c1-5-15(6-2)16-7-9-17(10-8-16)18-11-13-19(14-12-18)20(22)21(3)4/h7-15H,5-6H2,1-4H3. The Labute approximate surface area is 133 Å². The summed E-state index contributed by atoms with van der Waals surface area (Å²) in [5, 5.41) is 0. The molecular weight excluding hydrogens is 270 g/mol. The highest BCUT2D eigenvalue weighted by molar-refractivity contribution is 5.94. The molecule has 2 rings (SSSR count). The minimum absolute atomic E-state index is 0.0376. The number of hydrogen-bond acceptors (Lipinski definition) is 1. The molecule has 0 aliphatic carbocycles. The van der Waals surface area contributed by atoms with Crippen LogP contribution in [0.2, 0.25) is 0 Å². The molecule has 22 heavy (non-hydrogen) atoms. The highest BCUT2D eigenvalue weighted by Crippen LogP contribution is 2.26. The summed E-state index contributed by atoms with van der Waals surface area (Å²) in [4.78, 5) is 13.5. The Hall–Kier alpha value is -2.09. The van der Waals surface area contributed by atoms with Gasteiger partial charge >= 0.3 is 0 Å². The van der Waals surface area contributed by atoms with Crippen molar-refractivity contribution in [1.82, 2.24) is 4.90 Å². The van der Waals surface area contributed by atoms with E-state index in [-0.39, 0.29) is 5.91 Å². The van der Waals surface area contributed by atoms with Crippen molar-refractivity contribution in [3.63, 3.8) is 0 Å². The van der Waals surface area contributed by atoms with Gasteiger partial charge in [0.25, 0.3) is 5.91 Å². The third-order valence-electron chi connectivity index (χ3n) is 4.24. The molecule has 0 N–H and O–H groups in total. The number of benzene rings is 2. The maximum absolute atomic E-state index is 11.9. The molecule has 0 aliphatic rings. The average molecular weight is 295 g/mol. The molecule has 0 spiro atoms. The second kappa shape index (κ2) is 7.26. The second-order valence-electron chi connectivity index (χ2n) is 5.91. The van der Waals surface area contributed by atoms with Gasteiger partial charge in [-0.05, 0) is 47.6 Å². The Bertz CT molecular complexity index is 607. The van der Waals surface area contributed by atoms with Gasteiger partial charge < -0.3 is 4.90 Å². The van der Waals surface area contributed by atoms with Crippen LogP contribution in [0.25, 0.3) is 11.1 Å². The third kappa shape index (κ3) is 3.56. The second-order valence-corrected chi connectivity index (χ2v) is 5.91. The molecular formula is C20H25NO. The topological polar surface area (TPSA) is 20.3 Å². The summed E-state index contributed by atoms with van der Waals surface area (Å²) in [7, 11) is 3.54. The maximum atomic E-state index is 11.9. The third-order valence-corrected chi connectivity index (χ3v) is 4.24. The van der Waals surface area contributed by atoms with Crippen LogP contribution in [0.15, 0.2) is 48.5 Å². The van der Waals surface area contributed by atoms with Gasteiger partial charge in [-0.25, -0.2) is 0 Å². The first-order valence-electron chi connectivity index (χ1n) is 7.98. The highest BCUT2D eigenvalue weighted by Gasteiger charge is 2.09.